The van der Waals surface area contributed by atoms with Crippen LogP contribution in [0.2, 0.25) is 5.02 Å². The second kappa shape index (κ2) is 8.60. The number of nitriles is 1. The molecule has 0 aliphatic rings. The highest BCUT2D eigenvalue weighted by molar-refractivity contribution is 6.31. The van der Waals surface area contributed by atoms with E-state index in [9.17, 15) is 4.39 Å². The van der Waals surface area contributed by atoms with Crippen LogP contribution in [0.1, 0.15) is 23.6 Å². The van der Waals surface area contributed by atoms with Gasteiger partial charge in [0.05, 0.1) is 22.3 Å². The molecule has 116 valence electrons. The van der Waals surface area contributed by atoms with Crippen molar-refractivity contribution < 1.29 is 4.39 Å². The standard InChI is InChI=1S/C16H15ClFN3.ClH/c17-13-9-16(12(10-20)8-14(13)18)21-15(6-7-19)11-4-2-1-3-5-11;/h1-5,8-9,15,21H,6-7,19H2;1H/t15-;/m1./s1. The Balaban J connectivity index is 0.00000242. The first-order valence-electron chi connectivity index (χ1n) is 6.56. The summed E-state index contributed by atoms with van der Waals surface area (Å²) < 4.78 is 13.4. The van der Waals surface area contributed by atoms with Crippen molar-refractivity contribution in [1.82, 2.24) is 0 Å². The number of nitrogens with one attached hydrogen (secondary N) is 1. The molecule has 0 unspecified atom stereocenters. The van der Waals surface area contributed by atoms with Crippen LogP contribution in [-0.2, 0) is 0 Å². The normalized spacial score (nSPS) is 11.2. The van der Waals surface area contributed by atoms with E-state index < -0.39 is 5.82 Å². The molecule has 3 nitrogen and oxygen atoms in total. The molecule has 0 saturated carbocycles. The second-order valence-corrected chi connectivity index (χ2v) is 5.02. The third-order valence-corrected chi connectivity index (χ3v) is 3.46. The zero-order valence-electron chi connectivity index (χ0n) is 11.7. The number of rotatable bonds is 5. The highest BCUT2D eigenvalue weighted by atomic mass is 35.5. The van der Waals surface area contributed by atoms with E-state index in [1.54, 1.807) is 0 Å². The number of nitrogens with zero attached hydrogens (tertiary/aromatic N) is 1. The zero-order valence-corrected chi connectivity index (χ0v) is 13.3. The van der Waals surface area contributed by atoms with Gasteiger partial charge in [0.25, 0.3) is 0 Å². The molecule has 0 bridgehead atoms. The van der Waals surface area contributed by atoms with E-state index in [2.05, 4.69) is 5.32 Å². The number of hydrogen-bond donors (Lipinski definition) is 2. The van der Waals surface area contributed by atoms with E-state index in [1.165, 1.54) is 6.07 Å². The largest absolute Gasteiger partial charge is 0.377 e. The summed E-state index contributed by atoms with van der Waals surface area (Å²) in [6.45, 7) is 0.489. The zero-order chi connectivity index (χ0) is 15.2. The summed E-state index contributed by atoms with van der Waals surface area (Å²) >= 11 is 5.80. The first-order chi connectivity index (χ1) is 10.2. The van der Waals surface area contributed by atoms with Gasteiger partial charge in [-0.05, 0) is 30.7 Å². The lowest BCUT2D eigenvalue weighted by molar-refractivity contribution is 0.627. The molecular formula is C16H16Cl2FN3. The van der Waals surface area contributed by atoms with Gasteiger partial charge in [0.2, 0.25) is 0 Å². The van der Waals surface area contributed by atoms with Crippen LogP contribution in [0.4, 0.5) is 10.1 Å². The molecule has 0 spiro atoms. The number of hydrogen-bond acceptors (Lipinski definition) is 3. The number of anilines is 1. The van der Waals surface area contributed by atoms with Gasteiger partial charge >= 0.3 is 0 Å². The van der Waals surface area contributed by atoms with Gasteiger partial charge in [-0.15, -0.1) is 12.4 Å². The Morgan fingerprint density at radius 2 is 1.95 bits per heavy atom. The van der Waals surface area contributed by atoms with Crippen LogP contribution in [0.3, 0.4) is 0 Å². The molecule has 1 atom stereocenters. The van der Waals surface area contributed by atoms with Gasteiger partial charge < -0.3 is 11.1 Å². The van der Waals surface area contributed by atoms with Crippen molar-refractivity contribution >= 4 is 29.7 Å². The minimum absolute atomic E-state index is 0. The SMILES string of the molecule is Cl.N#Cc1cc(F)c(Cl)cc1N[C@H](CCN)c1ccccc1. The first kappa shape index (κ1) is 18.2. The van der Waals surface area contributed by atoms with E-state index in [0.29, 0.717) is 18.7 Å². The molecule has 0 heterocycles. The van der Waals surface area contributed by atoms with Crippen LogP contribution in [0.25, 0.3) is 0 Å². The predicted molar refractivity (Wildman–Crippen MR) is 89.9 cm³/mol. The molecule has 22 heavy (non-hydrogen) atoms. The van der Waals surface area contributed by atoms with Gasteiger partial charge in [0, 0.05) is 0 Å². The molecular weight excluding hydrogens is 324 g/mol. The molecule has 6 heteroatoms. The molecule has 2 aromatic carbocycles. The van der Waals surface area contributed by atoms with Crippen molar-refractivity contribution in [3.8, 4) is 6.07 Å². The van der Waals surface area contributed by atoms with Crippen LogP contribution in [0, 0.1) is 17.1 Å². The fraction of sp³-hybridized carbons (Fsp3) is 0.188. The van der Waals surface area contributed by atoms with Crippen molar-refractivity contribution in [2.24, 2.45) is 5.73 Å². The average molecular weight is 340 g/mol. The minimum atomic E-state index is -0.603. The van der Waals surface area contributed by atoms with E-state index in [4.69, 9.17) is 22.6 Å². The summed E-state index contributed by atoms with van der Waals surface area (Å²) in [6, 6.07) is 14.2. The summed E-state index contributed by atoms with van der Waals surface area (Å²) in [5, 5.41) is 12.3. The van der Waals surface area contributed by atoms with Gasteiger partial charge in [-0.25, -0.2) is 4.39 Å². The lowest BCUT2D eigenvalue weighted by Crippen LogP contribution is -2.16. The Morgan fingerprint density at radius 1 is 1.27 bits per heavy atom. The van der Waals surface area contributed by atoms with Gasteiger partial charge in [-0.2, -0.15) is 5.26 Å². The highest BCUT2D eigenvalue weighted by Gasteiger charge is 2.14. The average Bonchev–Trinajstić information content (AvgIpc) is 2.51. The van der Waals surface area contributed by atoms with Crippen LogP contribution in [0.15, 0.2) is 42.5 Å². The summed E-state index contributed by atoms with van der Waals surface area (Å²) in [6.07, 6.45) is 0.684. The van der Waals surface area contributed by atoms with E-state index in [1.807, 2.05) is 36.4 Å². The molecule has 2 rings (SSSR count). The Morgan fingerprint density at radius 3 is 2.55 bits per heavy atom. The Labute approximate surface area is 140 Å². The van der Waals surface area contributed by atoms with E-state index in [0.717, 1.165) is 11.6 Å². The second-order valence-electron chi connectivity index (χ2n) is 4.61. The Bertz CT molecular complexity index is 656. The molecule has 2 aromatic rings. The Kier molecular flexibility index (Phi) is 7.13. The first-order valence-corrected chi connectivity index (χ1v) is 6.94. The van der Waals surface area contributed by atoms with E-state index >= 15 is 0 Å². The van der Waals surface area contributed by atoms with Crippen LogP contribution < -0.4 is 11.1 Å². The smallest absolute Gasteiger partial charge is 0.143 e. The maximum Gasteiger partial charge on any atom is 0.143 e. The number of halogens is 3. The lowest BCUT2D eigenvalue weighted by Gasteiger charge is -2.21. The molecule has 0 fully saturated rings. The maximum atomic E-state index is 13.4. The maximum absolute atomic E-state index is 13.4. The van der Waals surface area contributed by atoms with Crippen molar-refractivity contribution in [1.29, 1.82) is 5.26 Å². The molecule has 0 radical (unpaired) electrons. The topological polar surface area (TPSA) is 61.8 Å². The summed E-state index contributed by atoms with van der Waals surface area (Å²) in [7, 11) is 0. The van der Waals surface area contributed by atoms with Crippen LogP contribution in [-0.4, -0.2) is 6.54 Å². The molecule has 0 aliphatic heterocycles. The molecule has 0 aromatic heterocycles. The van der Waals surface area contributed by atoms with Gasteiger partial charge in [-0.3, -0.25) is 0 Å². The minimum Gasteiger partial charge on any atom is -0.377 e. The summed E-state index contributed by atoms with van der Waals surface area (Å²) in [5.41, 5.74) is 7.43. The summed E-state index contributed by atoms with van der Waals surface area (Å²) in [5.74, 6) is -0.603. The van der Waals surface area contributed by atoms with Gasteiger partial charge in [0.1, 0.15) is 11.9 Å². The van der Waals surface area contributed by atoms with Crippen LogP contribution >= 0.6 is 24.0 Å². The van der Waals surface area contributed by atoms with Crippen LogP contribution in [0.5, 0.6) is 0 Å². The monoisotopic (exact) mass is 339 g/mol. The van der Waals surface area contributed by atoms with Gasteiger partial charge in [0.15, 0.2) is 0 Å². The third-order valence-electron chi connectivity index (χ3n) is 3.17. The Hall–Kier alpha value is -1.80. The fourth-order valence-corrected chi connectivity index (χ4v) is 2.28. The quantitative estimate of drug-likeness (QED) is 0.854. The van der Waals surface area contributed by atoms with Gasteiger partial charge in [-0.1, -0.05) is 41.9 Å². The molecule has 0 aliphatic carbocycles. The number of benzene rings is 2. The van der Waals surface area contributed by atoms with E-state index in [-0.39, 0.29) is 29.0 Å². The van der Waals surface area contributed by atoms with Crippen molar-refractivity contribution in [3.05, 3.63) is 64.4 Å². The lowest BCUT2D eigenvalue weighted by atomic mass is 10.0. The highest BCUT2D eigenvalue weighted by Crippen LogP contribution is 2.28. The number of nitrogens with two attached hydrogens (primary N) is 1. The molecule has 0 saturated heterocycles. The molecule has 3 N–H and O–H groups in total. The third kappa shape index (κ3) is 4.35. The summed E-state index contributed by atoms with van der Waals surface area (Å²) in [4.78, 5) is 0. The molecule has 0 amide bonds. The van der Waals surface area contributed by atoms with Crippen molar-refractivity contribution in [2.75, 3.05) is 11.9 Å². The van der Waals surface area contributed by atoms with Crippen molar-refractivity contribution in [2.45, 2.75) is 12.5 Å². The predicted octanol–water partition coefficient (Wildman–Crippen LogP) is 4.27. The van der Waals surface area contributed by atoms with Crippen molar-refractivity contribution in [3.63, 3.8) is 0 Å². The fourth-order valence-electron chi connectivity index (χ4n) is 2.12.